The molecule has 1 aromatic heterocycles. The van der Waals surface area contributed by atoms with Gasteiger partial charge < -0.3 is 14.0 Å². The van der Waals surface area contributed by atoms with Crippen LogP contribution < -0.4 is 4.74 Å². The van der Waals surface area contributed by atoms with E-state index in [0.29, 0.717) is 12.0 Å². The first kappa shape index (κ1) is 16.0. The van der Waals surface area contributed by atoms with Crippen LogP contribution in [0.1, 0.15) is 43.0 Å². The Morgan fingerprint density at radius 1 is 1.29 bits per heavy atom. The Morgan fingerprint density at radius 3 is 2.96 bits per heavy atom. The van der Waals surface area contributed by atoms with E-state index in [-0.39, 0.29) is 0 Å². The molecule has 0 spiro atoms. The van der Waals surface area contributed by atoms with E-state index in [1.165, 1.54) is 18.4 Å². The normalized spacial score (nSPS) is 20.5. The predicted molar refractivity (Wildman–Crippen MR) is 93.5 cm³/mol. The van der Waals surface area contributed by atoms with Crippen molar-refractivity contribution in [3.05, 3.63) is 35.7 Å². The van der Waals surface area contributed by atoms with Gasteiger partial charge in [-0.2, -0.15) is 0 Å². The fourth-order valence-electron chi connectivity index (χ4n) is 3.12. The largest absolute Gasteiger partial charge is 0.497 e. The molecule has 1 unspecified atom stereocenters. The van der Waals surface area contributed by atoms with E-state index < -0.39 is 0 Å². The van der Waals surface area contributed by atoms with Crippen molar-refractivity contribution in [1.82, 2.24) is 14.8 Å². The van der Waals surface area contributed by atoms with Gasteiger partial charge in [0.05, 0.1) is 19.8 Å². The summed E-state index contributed by atoms with van der Waals surface area (Å²) in [4.78, 5) is 0. The molecule has 5 nitrogen and oxygen atoms in total. The molecule has 0 radical (unpaired) electrons. The van der Waals surface area contributed by atoms with Gasteiger partial charge in [0.2, 0.25) is 0 Å². The third kappa shape index (κ3) is 3.59. The molecule has 2 aromatic rings. The van der Waals surface area contributed by atoms with Crippen molar-refractivity contribution in [2.24, 2.45) is 0 Å². The third-order valence-electron chi connectivity index (χ3n) is 4.60. The minimum Gasteiger partial charge on any atom is -0.497 e. The maximum atomic E-state index is 5.83. The van der Waals surface area contributed by atoms with Gasteiger partial charge in [0, 0.05) is 18.3 Å². The highest BCUT2D eigenvalue weighted by molar-refractivity contribution is 7.98. The first-order valence-electron chi connectivity index (χ1n) is 8.64. The van der Waals surface area contributed by atoms with Gasteiger partial charge in [-0.25, -0.2) is 0 Å². The predicted octanol–water partition coefficient (Wildman–Crippen LogP) is 3.64. The summed E-state index contributed by atoms with van der Waals surface area (Å²) >= 11 is 1.75. The Bertz CT molecular complexity index is 693. The van der Waals surface area contributed by atoms with Gasteiger partial charge >= 0.3 is 0 Å². The van der Waals surface area contributed by atoms with Crippen LogP contribution in [-0.2, 0) is 17.0 Å². The Labute approximate surface area is 146 Å². The quantitative estimate of drug-likeness (QED) is 0.717. The van der Waals surface area contributed by atoms with E-state index >= 15 is 0 Å². The molecule has 1 aliphatic carbocycles. The highest BCUT2D eigenvalue weighted by Gasteiger charge is 2.31. The molecule has 1 saturated heterocycles. The lowest BCUT2D eigenvalue weighted by atomic mass is 10.2. The van der Waals surface area contributed by atoms with E-state index in [1.807, 2.05) is 12.1 Å². The van der Waals surface area contributed by atoms with Crippen LogP contribution in [0.2, 0.25) is 0 Å². The molecule has 2 aliphatic rings. The van der Waals surface area contributed by atoms with Crippen molar-refractivity contribution in [3.8, 4) is 5.75 Å². The molecule has 0 amide bonds. The van der Waals surface area contributed by atoms with Crippen molar-refractivity contribution in [1.29, 1.82) is 0 Å². The molecule has 24 heavy (non-hydrogen) atoms. The molecule has 1 aromatic carbocycles. The zero-order valence-corrected chi connectivity index (χ0v) is 14.8. The lowest BCUT2D eigenvalue weighted by molar-refractivity contribution is 0.0942. The van der Waals surface area contributed by atoms with Crippen molar-refractivity contribution in [2.75, 3.05) is 13.7 Å². The molecule has 2 heterocycles. The van der Waals surface area contributed by atoms with E-state index in [2.05, 4.69) is 26.9 Å². The van der Waals surface area contributed by atoms with Crippen molar-refractivity contribution < 1.29 is 9.47 Å². The van der Waals surface area contributed by atoms with Crippen LogP contribution in [0.4, 0.5) is 0 Å². The molecule has 0 N–H and O–H groups in total. The maximum Gasteiger partial charge on any atom is 0.191 e. The summed E-state index contributed by atoms with van der Waals surface area (Å²) in [6.07, 6.45) is 5.10. The maximum absolute atomic E-state index is 5.83. The highest BCUT2D eigenvalue weighted by atomic mass is 32.2. The fourth-order valence-corrected chi connectivity index (χ4v) is 4.02. The summed E-state index contributed by atoms with van der Waals surface area (Å²) in [6, 6.07) is 8.20. The minimum atomic E-state index is 0.315. The third-order valence-corrected chi connectivity index (χ3v) is 5.64. The standard InChI is InChI=1S/C18H23N3O2S/c1-22-15-5-2-4-13(10-15)12-24-18-20-19-17(14-7-8-14)21(18)11-16-6-3-9-23-16/h2,4-5,10,14,16H,3,6-9,11-12H2,1H3. The Kier molecular flexibility index (Phi) is 4.76. The van der Waals surface area contributed by atoms with Crippen LogP contribution in [-0.4, -0.2) is 34.6 Å². The zero-order chi connectivity index (χ0) is 16.4. The number of nitrogens with zero attached hydrogens (tertiary/aromatic N) is 3. The van der Waals surface area contributed by atoms with Crippen molar-refractivity contribution in [3.63, 3.8) is 0 Å². The average molecular weight is 345 g/mol. The summed E-state index contributed by atoms with van der Waals surface area (Å²) in [6.45, 7) is 1.77. The van der Waals surface area contributed by atoms with Crippen LogP contribution in [0.5, 0.6) is 5.75 Å². The van der Waals surface area contributed by atoms with Crippen molar-refractivity contribution >= 4 is 11.8 Å². The molecule has 1 atom stereocenters. The highest BCUT2D eigenvalue weighted by Crippen LogP contribution is 2.40. The number of methoxy groups -OCH3 is 1. The smallest absolute Gasteiger partial charge is 0.191 e. The molecule has 1 aliphatic heterocycles. The number of thioether (sulfide) groups is 1. The molecule has 0 bridgehead atoms. The topological polar surface area (TPSA) is 49.2 Å². The van der Waals surface area contributed by atoms with Crippen LogP contribution in [0, 0.1) is 0 Å². The minimum absolute atomic E-state index is 0.315. The van der Waals surface area contributed by atoms with Crippen LogP contribution >= 0.6 is 11.8 Å². The average Bonchev–Trinajstić information content (AvgIpc) is 3.18. The Balaban J connectivity index is 1.49. The molecule has 128 valence electrons. The first-order valence-corrected chi connectivity index (χ1v) is 9.62. The summed E-state index contributed by atoms with van der Waals surface area (Å²) < 4.78 is 13.4. The number of hydrogen-bond donors (Lipinski definition) is 0. The van der Waals surface area contributed by atoms with E-state index in [0.717, 1.165) is 48.5 Å². The van der Waals surface area contributed by atoms with E-state index in [1.54, 1.807) is 18.9 Å². The summed E-state index contributed by atoms with van der Waals surface area (Å²) in [5.41, 5.74) is 1.24. The number of hydrogen-bond acceptors (Lipinski definition) is 5. The van der Waals surface area contributed by atoms with Crippen molar-refractivity contribution in [2.45, 2.75) is 55.2 Å². The molecular weight excluding hydrogens is 322 g/mol. The second-order valence-electron chi connectivity index (χ2n) is 6.50. The van der Waals surface area contributed by atoms with Crippen LogP contribution in [0.25, 0.3) is 0 Å². The lowest BCUT2D eigenvalue weighted by Crippen LogP contribution is -2.17. The van der Waals surface area contributed by atoms with Gasteiger partial charge in [0.1, 0.15) is 11.6 Å². The van der Waals surface area contributed by atoms with Gasteiger partial charge in [-0.1, -0.05) is 23.9 Å². The number of rotatable bonds is 7. The summed E-state index contributed by atoms with van der Waals surface area (Å²) in [5.74, 6) is 3.52. The van der Waals surface area contributed by atoms with Gasteiger partial charge in [0.25, 0.3) is 0 Å². The number of ether oxygens (including phenoxy) is 2. The summed E-state index contributed by atoms with van der Waals surface area (Å²) in [5, 5.41) is 9.95. The Morgan fingerprint density at radius 2 is 2.21 bits per heavy atom. The second kappa shape index (κ2) is 7.15. The lowest BCUT2D eigenvalue weighted by Gasteiger charge is -2.14. The van der Waals surface area contributed by atoms with Gasteiger partial charge in [-0.15, -0.1) is 10.2 Å². The van der Waals surface area contributed by atoms with Crippen LogP contribution in [0.3, 0.4) is 0 Å². The second-order valence-corrected chi connectivity index (χ2v) is 7.44. The van der Waals surface area contributed by atoms with Gasteiger partial charge in [0.15, 0.2) is 5.16 Å². The summed E-state index contributed by atoms with van der Waals surface area (Å²) in [7, 11) is 1.70. The van der Waals surface area contributed by atoms with Gasteiger partial charge in [-0.3, -0.25) is 0 Å². The van der Waals surface area contributed by atoms with Crippen LogP contribution in [0.15, 0.2) is 29.4 Å². The van der Waals surface area contributed by atoms with E-state index in [9.17, 15) is 0 Å². The molecule has 6 heteroatoms. The molecule has 2 fully saturated rings. The fraction of sp³-hybridized carbons (Fsp3) is 0.556. The zero-order valence-electron chi connectivity index (χ0n) is 14.0. The Hall–Kier alpha value is -1.53. The SMILES string of the molecule is COc1cccc(CSc2nnc(C3CC3)n2CC2CCCO2)c1. The number of benzene rings is 1. The monoisotopic (exact) mass is 345 g/mol. The first-order chi connectivity index (χ1) is 11.8. The molecule has 1 saturated carbocycles. The van der Waals surface area contributed by atoms with E-state index in [4.69, 9.17) is 9.47 Å². The molecular formula is C18H23N3O2S. The van der Waals surface area contributed by atoms with Gasteiger partial charge in [-0.05, 0) is 43.4 Å². The molecule has 4 rings (SSSR count). The number of aromatic nitrogens is 3.